The van der Waals surface area contributed by atoms with Crippen LogP contribution in [0.1, 0.15) is 0 Å². The van der Waals surface area contributed by atoms with Crippen LogP contribution in [0.3, 0.4) is 0 Å². The minimum absolute atomic E-state index is 0.0186. The van der Waals surface area contributed by atoms with Gasteiger partial charge in [-0.1, -0.05) is 41.4 Å². The highest BCUT2D eigenvalue weighted by Crippen LogP contribution is 2.29. The molecule has 0 N–H and O–H groups in total. The molecule has 1 aliphatic rings. The molecule has 4 aromatic rings. The largest absolute Gasteiger partial charge is 0.484 e. The third-order valence-corrected chi connectivity index (χ3v) is 6.53. The molecule has 7 nitrogen and oxygen atoms in total. The summed E-state index contributed by atoms with van der Waals surface area (Å²) in [5.41, 5.74) is 1.45. The average Bonchev–Trinajstić information content (AvgIpc) is 2.93. The van der Waals surface area contributed by atoms with Crippen molar-refractivity contribution in [2.24, 2.45) is 0 Å². The average molecular weight is 535 g/mol. The highest BCUT2D eigenvalue weighted by Gasteiger charge is 2.22. The zero-order valence-electron chi connectivity index (χ0n) is 19.9. The number of rotatable bonds is 7. The Labute approximate surface area is 225 Å². The second-order valence-electron chi connectivity index (χ2n) is 8.44. The van der Waals surface area contributed by atoms with Gasteiger partial charge in [0.25, 0.3) is 5.91 Å². The summed E-state index contributed by atoms with van der Waals surface area (Å²) in [6.45, 7) is 2.46. The molecule has 1 fully saturated rings. The summed E-state index contributed by atoms with van der Waals surface area (Å²) < 4.78 is 11.5. The number of anilines is 1. The van der Waals surface area contributed by atoms with Gasteiger partial charge in [-0.3, -0.25) is 4.79 Å². The molecule has 0 bridgehead atoms. The molecule has 37 heavy (non-hydrogen) atoms. The van der Waals surface area contributed by atoms with Crippen LogP contribution < -0.4 is 14.4 Å². The first-order valence-corrected chi connectivity index (χ1v) is 12.6. The Kier molecular flexibility index (Phi) is 7.73. The number of para-hydroxylation sites is 1. The lowest BCUT2D eigenvalue weighted by Crippen LogP contribution is -2.50. The van der Waals surface area contributed by atoms with Crippen molar-refractivity contribution in [1.82, 2.24) is 15.1 Å². The van der Waals surface area contributed by atoms with E-state index in [9.17, 15) is 4.79 Å². The first-order valence-electron chi connectivity index (χ1n) is 11.8. The number of hydrogen-bond donors (Lipinski definition) is 0. The van der Waals surface area contributed by atoms with E-state index < -0.39 is 0 Å². The number of benzene rings is 3. The van der Waals surface area contributed by atoms with Crippen LogP contribution in [0.4, 0.5) is 5.82 Å². The van der Waals surface area contributed by atoms with Crippen molar-refractivity contribution in [2.45, 2.75) is 0 Å². The van der Waals surface area contributed by atoms with E-state index in [1.807, 2.05) is 60.7 Å². The van der Waals surface area contributed by atoms with E-state index in [1.165, 1.54) is 0 Å². The first kappa shape index (κ1) is 24.9. The van der Waals surface area contributed by atoms with Gasteiger partial charge in [0, 0.05) is 36.8 Å². The van der Waals surface area contributed by atoms with Gasteiger partial charge in [0.1, 0.15) is 17.2 Å². The molecule has 0 spiro atoms. The summed E-state index contributed by atoms with van der Waals surface area (Å²) in [5.74, 6) is 2.79. The SMILES string of the molecule is O=C(COc1ccc(Oc2ccccc2)cc1)N1CCN(c2ccc(-c3ccc(Cl)cc3Cl)nn2)CC1. The Morgan fingerprint density at radius 1 is 0.784 bits per heavy atom. The Morgan fingerprint density at radius 3 is 2.16 bits per heavy atom. The van der Waals surface area contributed by atoms with Crippen molar-refractivity contribution in [3.05, 3.63) is 95.0 Å². The minimum Gasteiger partial charge on any atom is -0.484 e. The molecule has 9 heteroatoms. The quantitative estimate of drug-likeness (QED) is 0.291. The van der Waals surface area contributed by atoms with E-state index in [1.54, 1.807) is 29.2 Å². The Bertz CT molecular complexity index is 1340. The van der Waals surface area contributed by atoms with Crippen LogP contribution in [-0.2, 0) is 4.79 Å². The van der Waals surface area contributed by atoms with Crippen LogP contribution in [0.5, 0.6) is 17.2 Å². The van der Waals surface area contributed by atoms with Crippen LogP contribution in [0.15, 0.2) is 84.9 Å². The molecular formula is C28H24Cl2N4O3. The summed E-state index contributed by atoms with van der Waals surface area (Å²) in [5, 5.41) is 9.80. The Balaban J connectivity index is 1.09. The van der Waals surface area contributed by atoms with Crippen LogP contribution in [-0.4, -0.2) is 53.8 Å². The molecule has 0 saturated carbocycles. The third-order valence-electron chi connectivity index (χ3n) is 5.98. The molecule has 1 aliphatic heterocycles. The number of halogens is 2. The molecule has 0 atom stereocenters. The molecule has 5 rings (SSSR count). The molecule has 0 radical (unpaired) electrons. The maximum Gasteiger partial charge on any atom is 0.260 e. The lowest BCUT2D eigenvalue weighted by atomic mass is 10.1. The lowest BCUT2D eigenvalue weighted by molar-refractivity contribution is -0.133. The van der Waals surface area contributed by atoms with Gasteiger partial charge in [-0.25, -0.2) is 0 Å². The van der Waals surface area contributed by atoms with Crippen molar-refractivity contribution in [2.75, 3.05) is 37.7 Å². The lowest BCUT2D eigenvalue weighted by Gasteiger charge is -2.35. The normalized spacial score (nSPS) is 13.4. The van der Waals surface area contributed by atoms with Gasteiger partial charge >= 0.3 is 0 Å². The standard InChI is InChI=1S/C28H24Cl2N4O3/c29-20-6-11-24(25(30)18-20)26-12-13-27(32-31-26)33-14-16-34(17-15-33)28(35)19-36-21-7-9-23(10-8-21)37-22-4-2-1-3-5-22/h1-13,18H,14-17,19H2. The first-order chi connectivity index (χ1) is 18.0. The van der Waals surface area contributed by atoms with Gasteiger partial charge in [-0.2, -0.15) is 0 Å². The van der Waals surface area contributed by atoms with Crippen molar-refractivity contribution in [3.63, 3.8) is 0 Å². The van der Waals surface area contributed by atoms with Gasteiger partial charge < -0.3 is 19.3 Å². The fourth-order valence-corrected chi connectivity index (χ4v) is 4.49. The van der Waals surface area contributed by atoms with E-state index in [0.29, 0.717) is 53.4 Å². The van der Waals surface area contributed by atoms with Crippen molar-refractivity contribution < 1.29 is 14.3 Å². The highest BCUT2D eigenvalue weighted by atomic mass is 35.5. The summed E-state index contributed by atoms with van der Waals surface area (Å²) >= 11 is 12.3. The van der Waals surface area contributed by atoms with Gasteiger partial charge in [-0.15, -0.1) is 10.2 Å². The maximum atomic E-state index is 12.7. The van der Waals surface area contributed by atoms with Gasteiger partial charge in [-0.05, 0) is 66.7 Å². The van der Waals surface area contributed by atoms with Gasteiger partial charge in [0.05, 0.1) is 10.7 Å². The summed E-state index contributed by atoms with van der Waals surface area (Å²) in [7, 11) is 0. The molecule has 0 unspecified atom stereocenters. The second-order valence-corrected chi connectivity index (χ2v) is 9.29. The zero-order valence-corrected chi connectivity index (χ0v) is 21.4. The van der Waals surface area contributed by atoms with Crippen LogP contribution in [0.2, 0.25) is 10.0 Å². The highest BCUT2D eigenvalue weighted by molar-refractivity contribution is 6.36. The number of piperazine rings is 1. The molecule has 1 amide bonds. The molecular weight excluding hydrogens is 511 g/mol. The fourth-order valence-electron chi connectivity index (χ4n) is 3.98. The molecule has 3 aromatic carbocycles. The van der Waals surface area contributed by atoms with Crippen molar-refractivity contribution >= 4 is 34.9 Å². The predicted molar refractivity (Wildman–Crippen MR) is 145 cm³/mol. The number of carbonyl (C=O) groups excluding carboxylic acids is 1. The third kappa shape index (κ3) is 6.31. The molecule has 188 valence electrons. The van der Waals surface area contributed by atoms with E-state index in [2.05, 4.69) is 15.1 Å². The molecule has 1 saturated heterocycles. The second kappa shape index (κ2) is 11.5. The van der Waals surface area contributed by atoms with Crippen LogP contribution >= 0.6 is 23.2 Å². The number of carbonyl (C=O) groups is 1. The zero-order chi connectivity index (χ0) is 25.6. The van der Waals surface area contributed by atoms with Gasteiger partial charge in [0.15, 0.2) is 12.4 Å². The fraction of sp³-hybridized carbons (Fsp3) is 0.179. The predicted octanol–water partition coefficient (Wildman–Crippen LogP) is 5.97. The Hall–Kier alpha value is -3.81. The number of nitrogens with zero attached hydrogens (tertiary/aromatic N) is 4. The number of amides is 1. The number of hydrogen-bond acceptors (Lipinski definition) is 6. The van der Waals surface area contributed by atoms with Crippen molar-refractivity contribution in [1.29, 1.82) is 0 Å². The van der Waals surface area contributed by atoms with E-state index in [-0.39, 0.29) is 12.5 Å². The summed E-state index contributed by atoms with van der Waals surface area (Å²) in [4.78, 5) is 16.6. The van der Waals surface area contributed by atoms with Crippen LogP contribution in [0.25, 0.3) is 11.3 Å². The Morgan fingerprint density at radius 2 is 1.49 bits per heavy atom. The van der Waals surface area contributed by atoms with E-state index >= 15 is 0 Å². The molecule has 1 aromatic heterocycles. The van der Waals surface area contributed by atoms with E-state index in [0.717, 1.165) is 17.1 Å². The molecule has 2 heterocycles. The van der Waals surface area contributed by atoms with Gasteiger partial charge in [0.2, 0.25) is 0 Å². The topological polar surface area (TPSA) is 67.8 Å². The maximum absolute atomic E-state index is 12.7. The van der Waals surface area contributed by atoms with Crippen LogP contribution in [0, 0.1) is 0 Å². The molecule has 0 aliphatic carbocycles. The summed E-state index contributed by atoms with van der Waals surface area (Å²) in [6.07, 6.45) is 0. The van der Waals surface area contributed by atoms with Crippen molar-refractivity contribution in [3.8, 4) is 28.5 Å². The summed E-state index contributed by atoms with van der Waals surface area (Å²) in [6, 6.07) is 25.9. The minimum atomic E-state index is -0.0527. The smallest absolute Gasteiger partial charge is 0.260 e. The number of ether oxygens (including phenoxy) is 2. The monoisotopic (exact) mass is 534 g/mol. The number of aromatic nitrogens is 2. The van der Waals surface area contributed by atoms with E-state index in [4.69, 9.17) is 32.7 Å².